The van der Waals surface area contributed by atoms with Gasteiger partial charge in [-0.3, -0.25) is 4.79 Å². The Hall–Kier alpha value is -2.51. The van der Waals surface area contributed by atoms with Gasteiger partial charge in [0.05, 0.1) is 11.4 Å². The molecule has 0 radical (unpaired) electrons. The van der Waals surface area contributed by atoms with Crippen LogP contribution in [0.15, 0.2) is 59.5 Å². The molecule has 0 aliphatic carbocycles. The van der Waals surface area contributed by atoms with E-state index in [1.54, 1.807) is 0 Å². The molecule has 1 aliphatic heterocycles. The van der Waals surface area contributed by atoms with Gasteiger partial charge in [0.2, 0.25) is 5.91 Å². The van der Waals surface area contributed by atoms with E-state index in [0.717, 1.165) is 32.7 Å². The number of carbonyl (C=O) groups excluding carboxylic acids is 1. The van der Waals surface area contributed by atoms with Gasteiger partial charge in [-0.1, -0.05) is 30.3 Å². The first-order valence-electron chi connectivity index (χ1n) is 8.12. The molecule has 0 fully saturated rings. The third-order valence-corrected chi connectivity index (χ3v) is 5.42. The van der Waals surface area contributed by atoms with Gasteiger partial charge in [-0.05, 0) is 29.7 Å². The average molecular weight is 384 g/mol. The molecule has 2 heterocycles. The minimum atomic E-state index is -0.0619. The van der Waals surface area contributed by atoms with E-state index >= 15 is 0 Å². The highest BCUT2D eigenvalue weighted by Gasteiger charge is 2.13. The van der Waals surface area contributed by atoms with Crippen LogP contribution in [0.2, 0.25) is 0 Å². The quantitative estimate of drug-likeness (QED) is 0.664. The third kappa shape index (κ3) is 4.00. The Morgan fingerprint density at radius 1 is 1.08 bits per heavy atom. The molecule has 4 rings (SSSR count). The second-order valence-electron chi connectivity index (χ2n) is 5.58. The van der Waals surface area contributed by atoms with Gasteiger partial charge < -0.3 is 14.8 Å². The molecule has 1 N–H and O–H groups in total. The SMILES string of the molecule is O=C(CSc1ccc2c(c1)OCCO2)Nc1cc(-c2ccccc2)ns1. The normalized spacial score (nSPS) is 12.6. The predicted molar refractivity (Wildman–Crippen MR) is 104 cm³/mol. The minimum absolute atomic E-state index is 0.0619. The molecular weight excluding hydrogens is 368 g/mol. The maximum absolute atomic E-state index is 12.2. The molecule has 0 unspecified atom stereocenters. The van der Waals surface area contributed by atoms with E-state index in [2.05, 4.69) is 9.69 Å². The number of nitrogens with zero attached hydrogens (tertiary/aromatic N) is 1. The fraction of sp³-hybridized carbons (Fsp3) is 0.158. The molecule has 2 aromatic carbocycles. The summed E-state index contributed by atoms with van der Waals surface area (Å²) in [5.41, 5.74) is 1.90. The monoisotopic (exact) mass is 384 g/mol. The summed E-state index contributed by atoms with van der Waals surface area (Å²) in [5, 5.41) is 3.65. The van der Waals surface area contributed by atoms with Crippen LogP contribution in [0.1, 0.15) is 0 Å². The molecule has 1 aromatic heterocycles. The van der Waals surface area contributed by atoms with Gasteiger partial charge in [0.1, 0.15) is 18.2 Å². The first-order valence-corrected chi connectivity index (χ1v) is 9.88. The summed E-state index contributed by atoms with van der Waals surface area (Å²) in [5.74, 6) is 1.74. The number of hydrogen-bond donors (Lipinski definition) is 1. The van der Waals surface area contributed by atoms with Crippen molar-refractivity contribution in [2.24, 2.45) is 0 Å². The Kier molecular flexibility index (Phi) is 5.08. The van der Waals surface area contributed by atoms with Crippen molar-refractivity contribution in [3.05, 3.63) is 54.6 Å². The molecule has 0 spiro atoms. The molecule has 3 aromatic rings. The molecule has 0 saturated heterocycles. The molecule has 0 saturated carbocycles. The van der Waals surface area contributed by atoms with Crippen LogP contribution in [-0.2, 0) is 4.79 Å². The fourth-order valence-corrected chi connectivity index (χ4v) is 3.92. The summed E-state index contributed by atoms with van der Waals surface area (Å²) >= 11 is 2.75. The number of aromatic nitrogens is 1. The van der Waals surface area contributed by atoms with Crippen molar-refractivity contribution in [1.29, 1.82) is 0 Å². The Balaban J connectivity index is 1.34. The summed E-state index contributed by atoms with van der Waals surface area (Å²) in [4.78, 5) is 13.2. The lowest BCUT2D eigenvalue weighted by Crippen LogP contribution is -2.15. The van der Waals surface area contributed by atoms with E-state index in [-0.39, 0.29) is 5.91 Å². The second kappa shape index (κ2) is 7.80. The van der Waals surface area contributed by atoms with Crippen LogP contribution in [0.5, 0.6) is 11.5 Å². The Bertz CT molecular complexity index is 912. The van der Waals surface area contributed by atoms with Crippen LogP contribution in [0, 0.1) is 0 Å². The molecule has 1 aliphatic rings. The van der Waals surface area contributed by atoms with Crippen molar-refractivity contribution < 1.29 is 14.3 Å². The van der Waals surface area contributed by atoms with Crippen molar-refractivity contribution in [1.82, 2.24) is 4.37 Å². The summed E-state index contributed by atoms with van der Waals surface area (Å²) in [6.45, 7) is 1.12. The predicted octanol–water partition coefficient (Wildman–Crippen LogP) is 4.31. The van der Waals surface area contributed by atoms with Crippen LogP contribution in [0.4, 0.5) is 5.00 Å². The number of nitrogens with one attached hydrogen (secondary N) is 1. The zero-order valence-corrected chi connectivity index (χ0v) is 15.4. The largest absolute Gasteiger partial charge is 0.486 e. The maximum Gasteiger partial charge on any atom is 0.235 e. The van der Waals surface area contributed by atoms with Crippen molar-refractivity contribution in [2.75, 3.05) is 24.3 Å². The number of amides is 1. The van der Waals surface area contributed by atoms with Gasteiger partial charge in [0, 0.05) is 16.5 Å². The lowest BCUT2D eigenvalue weighted by molar-refractivity contribution is -0.113. The number of ether oxygens (including phenoxy) is 2. The van der Waals surface area contributed by atoms with Gasteiger partial charge in [0.25, 0.3) is 0 Å². The first kappa shape index (κ1) is 16.9. The smallest absolute Gasteiger partial charge is 0.235 e. The zero-order chi connectivity index (χ0) is 17.8. The Morgan fingerprint density at radius 2 is 1.88 bits per heavy atom. The fourth-order valence-electron chi connectivity index (χ4n) is 2.51. The molecular formula is C19H16N2O3S2. The first-order chi connectivity index (χ1) is 12.8. The summed E-state index contributed by atoms with van der Waals surface area (Å²) in [6.07, 6.45) is 0. The van der Waals surface area contributed by atoms with Gasteiger partial charge in [-0.2, -0.15) is 4.37 Å². The van der Waals surface area contributed by atoms with Crippen molar-refractivity contribution >= 4 is 34.2 Å². The van der Waals surface area contributed by atoms with Crippen molar-refractivity contribution in [3.63, 3.8) is 0 Å². The lowest BCUT2D eigenvalue weighted by atomic mass is 10.2. The highest BCUT2D eigenvalue weighted by atomic mass is 32.2. The molecule has 26 heavy (non-hydrogen) atoms. The van der Waals surface area contributed by atoms with Gasteiger partial charge in [0.15, 0.2) is 11.5 Å². The molecule has 0 bridgehead atoms. The highest BCUT2D eigenvalue weighted by molar-refractivity contribution is 8.00. The summed E-state index contributed by atoms with van der Waals surface area (Å²) in [7, 11) is 0. The van der Waals surface area contributed by atoms with Crippen LogP contribution in [0.25, 0.3) is 11.3 Å². The summed E-state index contributed by atoms with van der Waals surface area (Å²) < 4.78 is 15.5. The standard InChI is InChI=1S/C19H16N2O3S2/c22-18(12-25-14-6-7-16-17(10-14)24-9-8-23-16)20-19-11-15(21-26-19)13-4-2-1-3-5-13/h1-7,10-11H,8-9,12H2,(H,20,22). The van der Waals surface area contributed by atoms with E-state index in [4.69, 9.17) is 9.47 Å². The topological polar surface area (TPSA) is 60.5 Å². The Morgan fingerprint density at radius 3 is 2.73 bits per heavy atom. The van der Waals surface area contributed by atoms with Crippen LogP contribution in [0.3, 0.4) is 0 Å². The zero-order valence-electron chi connectivity index (χ0n) is 13.8. The van der Waals surface area contributed by atoms with Gasteiger partial charge in [-0.15, -0.1) is 11.8 Å². The van der Waals surface area contributed by atoms with Crippen LogP contribution in [-0.4, -0.2) is 29.2 Å². The molecule has 5 nitrogen and oxygen atoms in total. The van der Waals surface area contributed by atoms with Crippen LogP contribution < -0.4 is 14.8 Å². The van der Waals surface area contributed by atoms with Crippen molar-refractivity contribution in [2.45, 2.75) is 4.90 Å². The third-order valence-electron chi connectivity index (χ3n) is 3.73. The minimum Gasteiger partial charge on any atom is -0.486 e. The van der Waals surface area contributed by atoms with E-state index < -0.39 is 0 Å². The molecule has 132 valence electrons. The summed E-state index contributed by atoms with van der Waals surface area (Å²) in [6, 6.07) is 17.5. The number of hydrogen-bond acceptors (Lipinski definition) is 6. The number of rotatable bonds is 5. The lowest BCUT2D eigenvalue weighted by Gasteiger charge is -2.18. The van der Waals surface area contributed by atoms with E-state index in [1.165, 1.54) is 23.3 Å². The average Bonchev–Trinajstić information content (AvgIpc) is 3.15. The highest BCUT2D eigenvalue weighted by Crippen LogP contribution is 2.34. The molecule has 0 atom stereocenters. The molecule has 7 heteroatoms. The van der Waals surface area contributed by atoms with Gasteiger partial charge in [-0.25, -0.2) is 0 Å². The second-order valence-corrected chi connectivity index (χ2v) is 7.44. The van der Waals surface area contributed by atoms with Crippen molar-refractivity contribution in [3.8, 4) is 22.8 Å². The van der Waals surface area contributed by atoms with E-state index in [0.29, 0.717) is 19.0 Å². The number of fused-ring (bicyclic) bond motifs is 1. The Labute approximate surface area is 159 Å². The van der Waals surface area contributed by atoms with E-state index in [1.807, 2.05) is 54.6 Å². The van der Waals surface area contributed by atoms with Crippen LogP contribution >= 0.6 is 23.3 Å². The number of anilines is 1. The molecule has 1 amide bonds. The van der Waals surface area contributed by atoms with E-state index in [9.17, 15) is 4.79 Å². The number of carbonyl (C=O) groups is 1. The number of thioether (sulfide) groups is 1. The maximum atomic E-state index is 12.2. The van der Waals surface area contributed by atoms with Gasteiger partial charge >= 0.3 is 0 Å². The number of benzene rings is 2.